The van der Waals surface area contributed by atoms with E-state index in [1.807, 2.05) is 29.2 Å². The first-order valence-electron chi connectivity index (χ1n) is 10.1. The van der Waals surface area contributed by atoms with Crippen LogP contribution in [0.15, 0.2) is 36.5 Å². The number of aromatic nitrogens is 2. The minimum absolute atomic E-state index is 0.158. The molecular formula is C22H25N5O2. The second-order valence-electron chi connectivity index (χ2n) is 7.73. The van der Waals surface area contributed by atoms with Crippen molar-refractivity contribution >= 4 is 11.7 Å². The third-order valence-corrected chi connectivity index (χ3v) is 5.87. The lowest BCUT2D eigenvalue weighted by Crippen LogP contribution is -2.40. The van der Waals surface area contributed by atoms with Crippen molar-refractivity contribution < 1.29 is 9.53 Å². The predicted octanol–water partition coefficient (Wildman–Crippen LogP) is 2.81. The van der Waals surface area contributed by atoms with Crippen LogP contribution in [0.4, 0.5) is 5.82 Å². The zero-order valence-electron chi connectivity index (χ0n) is 16.5. The summed E-state index contributed by atoms with van der Waals surface area (Å²) in [6.07, 6.45) is 4.34. The number of likely N-dealkylation sites (tertiary alicyclic amines) is 1. The van der Waals surface area contributed by atoms with Gasteiger partial charge in [-0.3, -0.25) is 4.79 Å². The minimum atomic E-state index is 0.158. The Morgan fingerprint density at radius 3 is 2.76 bits per heavy atom. The van der Waals surface area contributed by atoms with Crippen LogP contribution in [0.25, 0.3) is 0 Å². The number of amides is 1. The fraction of sp³-hybridized carbons (Fsp3) is 0.455. The van der Waals surface area contributed by atoms with Crippen molar-refractivity contribution in [2.24, 2.45) is 11.8 Å². The number of benzene rings is 1. The average Bonchev–Trinajstić information content (AvgIpc) is 3.59. The molecule has 2 heterocycles. The van der Waals surface area contributed by atoms with E-state index in [4.69, 9.17) is 10.00 Å². The first-order chi connectivity index (χ1) is 14.2. The van der Waals surface area contributed by atoms with Crippen LogP contribution in [-0.4, -0.2) is 47.5 Å². The van der Waals surface area contributed by atoms with Gasteiger partial charge in [0.25, 0.3) is 5.88 Å². The van der Waals surface area contributed by atoms with Gasteiger partial charge in [0.2, 0.25) is 5.91 Å². The van der Waals surface area contributed by atoms with E-state index < -0.39 is 0 Å². The molecule has 0 spiro atoms. The van der Waals surface area contributed by atoms with Crippen LogP contribution < -0.4 is 10.1 Å². The van der Waals surface area contributed by atoms with Crippen LogP contribution in [0, 0.1) is 23.2 Å². The number of rotatable bonds is 6. The molecule has 2 atom stereocenters. The molecule has 1 aromatic heterocycles. The number of ether oxygens (including phenoxy) is 1. The van der Waals surface area contributed by atoms with Crippen LogP contribution in [0.2, 0.25) is 0 Å². The minimum Gasteiger partial charge on any atom is -0.478 e. The van der Waals surface area contributed by atoms with Crippen molar-refractivity contribution in [2.45, 2.75) is 25.2 Å². The lowest BCUT2D eigenvalue weighted by atomic mass is 9.96. The molecule has 2 unspecified atom stereocenters. The quantitative estimate of drug-likeness (QED) is 0.814. The van der Waals surface area contributed by atoms with Crippen molar-refractivity contribution in [1.82, 2.24) is 14.9 Å². The van der Waals surface area contributed by atoms with Crippen molar-refractivity contribution in [3.8, 4) is 11.9 Å². The maximum Gasteiger partial charge on any atom is 0.258 e. The molecule has 1 saturated carbocycles. The Balaban J connectivity index is 1.25. The highest BCUT2D eigenvalue weighted by atomic mass is 16.5. The summed E-state index contributed by atoms with van der Waals surface area (Å²) in [6.45, 7) is 2.35. The molecule has 29 heavy (non-hydrogen) atoms. The molecule has 0 bridgehead atoms. The Morgan fingerprint density at radius 1 is 1.31 bits per heavy atom. The number of piperidine rings is 1. The standard InChI is InChI=1S/C22H25N5O2/c1-29-21-20(25-14-17(12-23)26-21)24-13-15-7-9-27(10-8-15)22(28)19-11-18(19)16-5-3-2-4-6-16/h2-6,14-15,18-19H,7-11,13H2,1H3,(H,24,25). The second-order valence-corrected chi connectivity index (χ2v) is 7.73. The van der Waals surface area contributed by atoms with Crippen molar-refractivity contribution in [2.75, 3.05) is 32.1 Å². The topological polar surface area (TPSA) is 91.1 Å². The molecule has 0 radical (unpaired) electrons. The smallest absolute Gasteiger partial charge is 0.258 e. The highest BCUT2D eigenvalue weighted by Gasteiger charge is 2.46. The van der Waals surface area contributed by atoms with Gasteiger partial charge in [0.15, 0.2) is 11.5 Å². The molecule has 1 saturated heterocycles. The van der Waals surface area contributed by atoms with Crippen LogP contribution in [0.3, 0.4) is 0 Å². The summed E-state index contributed by atoms with van der Waals surface area (Å²) < 4.78 is 5.22. The number of carbonyl (C=O) groups is 1. The summed E-state index contributed by atoms with van der Waals surface area (Å²) in [5.41, 5.74) is 1.51. The highest BCUT2D eigenvalue weighted by molar-refractivity contribution is 5.83. The molecule has 1 N–H and O–H groups in total. The largest absolute Gasteiger partial charge is 0.478 e. The van der Waals surface area contributed by atoms with E-state index in [1.165, 1.54) is 18.9 Å². The van der Waals surface area contributed by atoms with Gasteiger partial charge in [0, 0.05) is 25.6 Å². The second kappa shape index (κ2) is 8.48. The molecule has 1 aliphatic heterocycles. The van der Waals surface area contributed by atoms with Crippen LogP contribution in [-0.2, 0) is 4.79 Å². The number of carbonyl (C=O) groups excluding carboxylic acids is 1. The number of methoxy groups -OCH3 is 1. The number of nitriles is 1. The number of hydrogen-bond donors (Lipinski definition) is 1. The molecule has 2 fully saturated rings. The molecule has 4 rings (SSSR count). The van der Waals surface area contributed by atoms with Crippen molar-refractivity contribution in [1.29, 1.82) is 5.26 Å². The Morgan fingerprint density at radius 2 is 2.07 bits per heavy atom. The molecule has 2 aromatic rings. The third-order valence-electron chi connectivity index (χ3n) is 5.87. The van der Waals surface area contributed by atoms with Crippen LogP contribution >= 0.6 is 0 Å². The van der Waals surface area contributed by atoms with E-state index >= 15 is 0 Å². The molecule has 1 amide bonds. The number of hydrogen-bond acceptors (Lipinski definition) is 6. The molecular weight excluding hydrogens is 366 g/mol. The summed E-state index contributed by atoms with van der Waals surface area (Å²) >= 11 is 0. The summed E-state index contributed by atoms with van der Waals surface area (Å²) in [5, 5.41) is 12.2. The van der Waals surface area contributed by atoms with Crippen LogP contribution in [0.5, 0.6) is 5.88 Å². The average molecular weight is 391 g/mol. The predicted molar refractivity (Wildman–Crippen MR) is 108 cm³/mol. The third kappa shape index (κ3) is 4.32. The molecule has 2 aliphatic rings. The highest BCUT2D eigenvalue weighted by Crippen LogP contribution is 2.48. The van der Waals surface area contributed by atoms with Gasteiger partial charge in [-0.2, -0.15) is 10.2 Å². The first-order valence-corrected chi connectivity index (χ1v) is 10.1. The first kappa shape index (κ1) is 19.2. The van der Waals surface area contributed by atoms with Gasteiger partial charge < -0.3 is 15.0 Å². The fourth-order valence-electron chi connectivity index (χ4n) is 4.06. The van der Waals surface area contributed by atoms with E-state index in [2.05, 4.69) is 27.4 Å². The lowest BCUT2D eigenvalue weighted by molar-refractivity contribution is -0.134. The molecule has 1 aliphatic carbocycles. The summed E-state index contributed by atoms with van der Waals surface area (Å²) in [6, 6.07) is 12.3. The number of anilines is 1. The van der Waals surface area contributed by atoms with Gasteiger partial charge in [-0.1, -0.05) is 30.3 Å². The summed E-state index contributed by atoms with van der Waals surface area (Å²) in [4.78, 5) is 23.2. The van der Waals surface area contributed by atoms with E-state index in [9.17, 15) is 4.79 Å². The number of nitrogens with zero attached hydrogens (tertiary/aromatic N) is 4. The van der Waals surface area contributed by atoms with Crippen LogP contribution in [0.1, 0.15) is 36.4 Å². The maximum atomic E-state index is 12.8. The normalized spacial score (nSPS) is 21.3. The Labute approximate surface area is 170 Å². The zero-order valence-corrected chi connectivity index (χ0v) is 16.5. The lowest BCUT2D eigenvalue weighted by Gasteiger charge is -2.32. The Kier molecular flexibility index (Phi) is 5.61. The summed E-state index contributed by atoms with van der Waals surface area (Å²) in [7, 11) is 1.51. The van der Waals surface area contributed by atoms with Gasteiger partial charge >= 0.3 is 0 Å². The SMILES string of the molecule is COc1nc(C#N)cnc1NCC1CCN(C(=O)C2CC2c2ccccc2)CC1. The van der Waals surface area contributed by atoms with Crippen molar-refractivity contribution in [3.63, 3.8) is 0 Å². The van der Waals surface area contributed by atoms with Gasteiger partial charge in [0.1, 0.15) is 6.07 Å². The van der Waals surface area contributed by atoms with Crippen molar-refractivity contribution in [3.05, 3.63) is 47.8 Å². The monoisotopic (exact) mass is 391 g/mol. The molecule has 1 aromatic carbocycles. The van der Waals surface area contributed by atoms with E-state index in [0.717, 1.165) is 38.9 Å². The van der Waals surface area contributed by atoms with Gasteiger partial charge in [-0.15, -0.1) is 0 Å². The van der Waals surface area contributed by atoms with E-state index in [1.54, 1.807) is 0 Å². The molecule has 7 nitrogen and oxygen atoms in total. The summed E-state index contributed by atoms with van der Waals surface area (Å²) in [5.74, 6) is 2.21. The number of nitrogens with one attached hydrogen (secondary N) is 1. The van der Waals surface area contributed by atoms with Gasteiger partial charge in [0.05, 0.1) is 13.3 Å². The fourth-order valence-corrected chi connectivity index (χ4v) is 4.06. The van der Waals surface area contributed by atoms with Gasteiger partial charge in [-0.25, -0.2) is 4.98 Å². The maximum absolute atomic E-state index is 12.8. The zero-order chi connectivity index (χ0) is 20.2. The Bertz CT molecular complexity index is 903. The van der Waals surface area contributed by atoms with Gasteiger partial charge in [-0.05, 0) is 36.7 Å². The molecule has 7 heteroatoms. The van der Waals surface area contributed by atoms with E-state index in [-0.39, 0.29) is 11.6 Å². The Hall–Kier alpha value is -3.14. The molecule has 150 valence electrons. The van der Waals surface area contributed by atoms with E-state index in [0.29, 0.717) is 29.4 Å².